The number of nitrogens with one attached hydrogen (secondary N) is 1. The molecule has 5 nitrogen and oxygen atoms in total. The molecule has 0 aliphatic heterocycles. The number of carbonyl (C=O) groups excluding carboxylic acids is 2. The highest BCUT2D eigenvalue weighted by Gasteiger charge is 2.12. The third-order valence-electron chi connectivity index (χ3n) is 2.70. The number of rotatable bonds is 9. The normalized spacial score (nSPS) is 9.76. The van der Waals surface area contributed by atoms with Crippen LogP contribution in [0.5, 0.6) is 5.75 Å². The topological polar surface area (TPSA) is 64.6 Å². The molecular formula is C16H21NO4. The largest absolute Gasteiger partial charge is 0.493 e. The summed E-state index contributed by atoms with van der Waals surface area (Å²) in [5.41, 5.74) is 0.430. The van der Waals surface area contributed by atoms with Gasteiger partial charge in [-0.15, -0.1) is 0 Å². The molecule has 21 heavy (non-hydrogen) atoms. The van der Waals surface area contributed by atoms with E-state index >= 15 is 0 Å². The van der Waals surface area contributed by atoms with Crippen LogP contribution in [0, 0.1) is 0 Å². The van der Waals surface area contributed by atoms with E-state index in [9.17, 15) is 9.59 Å². The summed E-state index contributed by atoms with van der Waals surface area (Å²) in [6, 6.07) is 7.00. The molecule has 0 fully saturated rings. The fourth-order valence-corrected chi connectivity index (χ4v) is 1.66. The Hall–Kier alpha value is -2.30. The Bertz CT molecular complexity index is 485. The monoisotopic (exact) mass is 291 g/mol. The van der Waals surface area contributed by atoms with Gasteiger partial charge in [-0.05, 0) is 38.0 Å². The molecule has 0 aliphatic rings. The van der Waals surface area contributed by atoms with Crippen molar-refractivity contribution in [1.82, 2.24) is 5.32 Å². The maximum Gasteiger partial charge on any atom is 0.341 e. The minimum absolute atomic E-state index is 0.177. The van der Waals surface area contributed by atoms with Crippen LogP contribution in [-0.2, 0) is 9.53 Å². The Morgan fingerprint density at radius 3 is 2.76 bits per heavy atom. The predicted molar refractivity (Wildman–Crippen MR) is 80.3 cm³/mol. The van der Waals surface area contributed by atoms with Crippen molar-refractivity contribution in [2.45, 2.75) is 19.8 Å². The molecule has 0 radical (unpaired) electrons. The summed E-state index contributed by atoms with van der Waals surface area (Å²) in [6.45, 7) is 6.52. The molecule has 0 aromatic heterocycles. The van der Waals surface area contributed by atoms with Gasteiger partial charge in [-0.1, -0.05) is 18.7 Å². The van der Waals surface area contributed by atoms with Crippen molar-refractivity contribution in [3.8, 4) is 5.75 Å². The van der Waals surface area contributed by atoms with Crippen molar-refractivity contribution in [1.29, 1.82) is 0 Å². The highest BCUT2D eigenvalue weighted by Crippen LogP contribution is 2.19. The van der Waals surface area contributed by atoms with Gasteiger partial charge in [0, 0.05) is 6.54 Å². The highest BCUT2D eigenvalue weighted by atomic mass is 16.5. The molecule has 0 bridgehead atoms. The van der Waals surface area contributed by atoms with Crippen LogP contribution in [0.3, 0.4) is 0 Å². The summed E-state index contributed by atoms with van der Waals surface area (Å²) in [5.74, 6) is -0.0407. The summed E-state index contributed by atoms with van der Waals surface area (Å²) in [5, 5.41) is 2.69. The third-order valence-corrected chi connectivity index (χ3v) is 2.70. The quantitative estimate of drug-likeness (QED) is 0.431. The van der Waals surface area contributed by atoms with Crippen molar-refractivity contribution in [3.63, 3.8) is 0 Å². The predicted octanol–water partition coefficient (Wildman–Crippen LogP) is 2.32. The molecule has 0 saturated carbocycles. The second-order valence-corrected chi connectivity index (χ2v) is 4.27. The van der Waals surface area contributed by atoms with Crippen molar-refractivity contribution in [3.05, 3.63) is 42.5 Å². The first kappa shape index (κ1) is 16.8. The van der Waals surface area contributed by atoms with E-state index in [4.69, 9.17) is 9.47 Å². The van der Waals surface area contributed by atoms with Crippen molar-refractivity contribution < 1.29 is 19.1 Å². The van der Waals surface area contributed by atoms with E-state index in [-0.39, 0.29) is 11.9 Å². The number of ether oxygens (including phenoxy) is 2. The minimum atomic E-state index is -0.383. The molecule has 0 spiro atoms. The summed E-state index contributed by atoms with van der Waals surface area (Å²) in [7, 11) is 0. The van der Waals surface area contributed by atoms with Crippen molar-refractivity contribution in [2.24, 2.45) is 0 Å². The van der Waals surface area contributed by atoms with Gasteiger partial charge in [-0.3, -0.25) is 4.79 Å². The zero-order valence-corrected chi connectivity index (χ0v) is 12.3. The standard InChI is InChI=1S/C16H21NO4/c1-3-15(18)17-11-7-8-12-21-14-10-6-5-9-13(14)16(19)20-4-2/h3,5-6,9-10H,1,4,7-8,11-12H2,2H3,(H,17,18). The number of amides is 1. The SMILES string of the molecule is C=CC(=O)NCCCCOc1ccccc1C(=O)OCC. The number of unbranched alkanes of at least 4 members (excludes halogenated alkanes) is 1. The molecule has 0 heterocycles. The summed E-state index contributed by atoms with van der Waals surface area (Å²) in [4.78, 5) is 22.7. The van der Waals surface area contributed by atoms with E-state index in [0.717, 1.165) is 12.8 Å². The Balaban J connectivity index is 2.36. The smallest absolute Gasteiger partial charge is 0.341 e. The molecule has 5 heteroatoms. The first-order chi connectivity index (χ1) is 10.2. The Kier molecular flexibility index (Phi) is 7.64. The second kappa shape index (κ2) is 9.58. The van der Waals surface area contributed by atoms with E-state index < -0.39 is 0 Å². The van der Waals surface area contributed by atoms with Gasteiger partial charge in [0.05, 0.1) is 13.2 Å². The van der Waals surface area contributed by atoms with Crippen LogP contribution in [-0.4, -0.2) is 31.6 Å². The summed E-state index contributed by atoms with van der Waals surface area (Å²) in [6.07, 6.45) is 2.81. The zero-order chi connectivity index (χ0) is 15.5. The molecule has 0 atom stereocenters. The number of esters is 1. The lowest BCUT2D eigenvalue weighted by molar-refractivity contribution is -0.116. The molecule has 1 rings (SSSR count). The molecule has 0 saturated heterocycles. The second-order valence-electron chi connectivity index (χ2n) is 4.27. The van der Waals surface area contributed by atoms with E-state index in [1.54, 1.807) is 25.1 Å². The third kappa shape index (κ3) is 6.12. The average Bonchev–Trinajstić information content (AvgIpc) is 2.51. The average molecular weight is 291 g/mol. The molecular weight excluding hydrogens is 270 g/mol. The van der Waals surface area contributed by atoms with Gasteiger partial charge in [-0.25, -0.2) is 4.79 Å². The lowest BCUT2D eigenvalue weighted by Crippen LogP contribution is -2.22. The van der Waals surface area contributed by atoms with Gasteiger partial charge in [0.15, 0.2) is 0 Å². The molecule has 1 aromatic rings. The fourth-order valence-electron chi connectivity index (χ4n) is 1.66. The fraction of sp³-hybridized carbons (Fsp3) is 0.375. The van der Waals surface area contributed by atoms with Gasteiger partial charge >= 0.3 is 5.97 Å². The number of hydrogen-bond acceptors (Lipinski definition) is 4. The molecule has 0 unspecified atom stereocenters. The van der Waals surface area contributed by atoms with Crippen LogP contribution in [0.2, 0.25) is 0 Å². The van der Waals surface area contributed by atoms with Gasteiger partial charge in [0.1, 0.15) is 11.3 Å². The maximum atomic E-state index is 11.7. The lowest BCUT2D eigenvalue weighted by atomic mass is 10.2. The molecule has 1 N–H and O–H groups in total. The first-order valence-corrected chi connectivity index (χ1v) is 6.98. The van der Waals surface area contributed by atoms with Crippen LogP contribution in [0.15, 0.2) is 36.9 Å². The zero-order valence-electron chi connectivity index (χ0n) is 12.3. The van der Waals surface area contributed by atoms with E-state index in [1.165, 1.54) is 6.08 Å². The number of benzene rings is 1. The Morgan fingerprint density at radius 2 is 2.05 bits per heavy atom. The molecule has 1 aromatic carbocycles. The first-order valence-electron chi connectivity index (χ1n) is 6.98. The Labute approximate surface area is 124 Å². The van der Waals surface area contributed by atoms with Crippen LogP contribution in [0.1, 0.15) is 30.1 Å². The van der Waals surface area contributed by atoms with E-state index in [1.807, 2.05) is 6.07 Å². The van der Waals surface area contributed by atoms with Gasteiger partial charge < -0.3 is 14.8 Å². The van der Waals surface area contributed by atoms with E-state index in [2.05, 4.69) is 11.9 Å². The molecule has 0 aliphatic carbocycles. The van der Waals surface area contributed by atoms with Gasteiger partial charge in [0.2, 0.25) is 5.91 Å². The minimum Gasteiger partial charge on any atom is -0.493 e. The van der Waals surface area contributed by atoms with E-state index in [0.29, 0.717) is 31.1 Å². The van der Waals surface area contributed by atoms with Crippen LogP contribution >= 0.6 is 0 Å². The number of para-hydroxylation sites is 1. The van der Waals surface area contributed by atoms with Crippen molar-refractivity contribution >= 4 is 11.9 Å². The van der Waals surface area contributed by atoms with Gasteiger partial charge in [0.25, 0.3) is 0 Å². The maximum absolute atomic E-state index is 11.7. The number of carbonyl (C=O) groups is 2. The summed E-state index contributed by atoms with van der Waals surface area (Å²) >= 11 is 0. The van der Waals surface area contributed by atoms with Crippen molar-refractivity contribution in [2.75, 3.05) is 19.8 Å². The summed E-state index contributed by atoms with van der Waals surface area (Å²) < 4.78 is 10.6. The molecule has 1 amide bonds. The van der Waals surface area contributed by atoms with Crippen LogP contribution in [0.25, 0.3) is 0 Å². The Morgan fingerprint density at radius 1 is 1.29 bits per heavy atom. The highest BCUT2D eigenvalue weighted by molar-refractivity contribution is 5.92. The van der Waals surface area contributed by atoms with Gasteiger partial charge in [-0.2, -0.15) is 0 Å². The lowest BCUT2D eigenvalue weighted by Gasteiger charge is -2.10. The van der Waals surface area contributed by atoms with Crippen LogP contribution < -0.4 is 10.1 Å². The number of hydrogen-bond donors (Lipinski definition) is 1. The molecule has 114 valence electrons. The van der Waals surface area contributed by atoms with Crippen LogP contribution in [0.4, 0.5) is 0 Å².